The highest BCUT2D eigenvalue weighted by molar-refractivity contribution is 5.97. The molecule has 0 aliphatic rings. The lowest BCUT2D eigenvalue weighted by molar-refractivity contribution is -0.149. The van der Waals surface area contributed by atoms with E-state index in [0.717, 1.165) is 5.56 Å². The van der Waals surface area contributed by atoms with Crippen molar-refractivity contribution in [3.8, 4) is 0 Å². The van der Waals surface area contributed by atoms with Crippen LogP contribution >= 0.6 is 0 Å². The molecule has 0 heterocycles. The van der Waals surface area contributed by atoms with Crippen molar-refractivity contribution in [3.63, 3.8) is 0 Å². The van der Waals surface area contributed by atoms with Gasteiger partial charge in [0.1, 0.15) is 5.92 Å². The van der Waals surface area contributed by atoms with Gasteiger partial charge in [-0.05, 0) is 12.5 Å². The number of hydrogen-bond acceptors (Lipinski definition) is 3. The number of carbonyl (C=O) groups is 2. The Bertz CT molecular complexity index is 362. The molecular weight excluding hydrogens is 206 g/mol. The number of methoxy groups -OCH3 is 1. The van der Waals surface area contributed by atoms with E-state index in [0.29, 0.717) is 6.54 Å². The van der Waals surface area contributed by atoms with Gasteiger partial charge >= 0.3 is 5.97 Å². The van der Waals surface area contributed by atoms with Crippen molar-refractivity contribution in [2.75, 3.05) is 7.11 Å². The second kappa shape index (κ2) is 5.90. The molecule has 86 valence electrons. The van der Waals surface area contributed by atoms with Crippen molar-refractivity contribution >= 4 is 11.9 Å². The van der Waals surface area contributed by atoms with Crippen LogP contribution in [-0.2, 0) is 20.9 Å². The van der Waals surface area contributed by atoms with Gasteiger partial charge in [-0.3, -0.25) is 9.59 Å². The van der Waals surface area contributed by atoms with Gasteiger partial charge in [-0.15, -0.1) is 0 Å². The van der Waals surface area contributed by atoms with Gasteiger partial charge in [0.05, 0.1) is 7.11 Å². The number of carbonyl (C=O) groups excluding carboxylic acids is 2. The van der Waals surface area contributed by atoms with E-state index in [-0.39, 0.29) is 5.91 Å². The van der Waals surface area contributed by atoms with Crippen LogP contribution in [0.15, 0.2) is 30.3 Å². The minimum Gasteiger partial charge on any atom is -0.468 e. The van der Waals surface area contributed by atoms with Crippen molar-refractivity contribution in [2.24, 2.45) is 5.92 Å². The van der Waals surface area contributed by atoms with Crippen LogP contribution in [0.2, 0.25) is 0 Å². The minimum atomic E-state index is -0.770. The Morgan fingerprint density at radius 1 is 1.31 bits per heavy atom. The summed E-state index contributed by atoms with van der Waals surface area (Å²) in [4.78, 5) is 22.6. The first-order chi connectivity index (χ1) is 7.65. The Morgan fingerprint density at radius 3 is 2.50 bits per heavy atom. The van der Waals surface area contributed by atoms with E-state index in [1.54, 1.807) is 0 Å². The summed E-state index contributed by atoms with van der Waals surface area (Å²) in [5.74, 6) is -1.62. The standard InChI is InChI=1S/C12H15NO3/c1-9(12(15)16-2)11(14)13-8-10-6-4-3-5-7-10/h3-7,9H,8H2,1-2H3,(H,13,14). The maximum Gasteiger partial charge on any atom is 0.317 e. The average molecular weight is 221 g/mol. The van der Waals surface area contributed by atoms with Crippen LogP contribution in [0.25, 0.3) is 0 Å². The van der Waals surface area contributed by atoms with E-state index in [1.165, 1.54) is 14.0 Å². The lowest BCUT2D eigenvalue weighted by Gasteiger charge is -2.09. The Balaban J connectivity index is 2.44. The molecule has 0 spiro atoms. The summed E-state index contributed by atoms with van der Waals surface area (Å²) in [5, 5.41) is 2.67. The Morgan fingerprint density at radius 2 is 1.94 bits per heavy atom. The summed E-state index contributed by atoms with van der Waals surface area (Å²) in [6.07, 6.45) is 0. The fourth-order valence-corrected chi connectivity index (χ4v) is 1.22. The zero-order chi connectivity index (χ0) is 12.0. The zero-order valence-corrected chi connectivity index (χ0v) is 9.40. The summed E-state index contributed by atoms with van der Waals surface area (Å²) in [6.45, 7) is 1.94. The first-order valence-corrected chi connectivity index (χ1v) is 5.04. The molecule has 0 saturated carbocycles. The fourth-order valence-electron chi connectivity index (χ4n) is 1.22. The van der Waals surface area contributed by atoms with Crippen LogP contribution in [0.5, 0.6) is 0 Å². The third-order valence-corrected chi connectivity index (χ3v) is 2.26. The number of esters is 1. The Kier molecular flexibility index (Phi) is 4.51. The van der Waals surface area contributed by atoms with Crippen LogP contribution in [-0.4, -0.2) is 19.0 Å². The summed E-state index contributed by atoms with van der Waals surface area (Å²) in [7, 11) is 1.27. The van der Waals surface area contributed by atoms with Gasteiger partial charge in [0.2, 0.25) is 5.91 Å². The van der Waals surface area contributed by atoms with Crippen LogP contribution < -0.4 is 5.32 Å². The molecule has 0 aromatic heterocycles. The van der Waals surface area contributed by atoms with Crippen molar-refractivity contribution in [1.82, 2.24) is 5.32 Å². The first kappa shape index (κ1) is 12.2. The smallest absolute Gasteiger partial charge is 0.317 e. The second-order valence-electron chi connectivity index (χ2n) is 3.45. The maximum atomic E-state index is 11.5. The molecule has 16 heavy (non-hydrogen) atoms. The van der Waals surface area contributed by atoms with Gasteiger partial charge in [-0.1, -0.05) is 30.3 Å². The predicted octanol–water partition coefficient (Wildman–Crippen LogP) is 1.11. The predicted molar refractivity (Wildman–Crippen MR) is 59.5 cm³/mol. The molecule has 1 atom stereocenters. The zero-order valence-electron chi connectivity index (χ0n) is 9.40. The largest absolute Gasteiger partial charge is 0.468 e. The molecule has 0 radical (unpaired) electrons. The van der Waals surface area contributed by atoms with Crippen LogP contribution in [0, 0.1) is 5.92 Å². The molecule has 1 rings (SSSR count). The summed E-state index contributed by atoms with van der Waals surface area (Å²) in [5.41, 5.74) is 0.993. The number of hydrogen-bond donors (Lipinski definition) is 1. The first-order valence-electron chi connectivity index (χ1n) is 5.04. The molecule has 0 bridgehead atoms. The molecule has 0 fully saturated rings. The highest BCUT2D eigenvalue weighted by atomic mass is 16.5. The van der Waals surface area contributed by atoms with E-state index < -0.39 is 11.9 Å². The van der Waals surface area contributed by atoms with E-state index in [2.05, 4.69) is 10.1 Å². The lowest BCUT2D eigenvalue weighted by Crippen LogP contribution is -2.33. The van der Waals surface area contributed by atoms with Gasteiger partial charge in [0.25, 0.3) is 0 Å². The number of benzene rings is 1. The van der Waals surface area contributed by atoms with Gasteiger partial charge < -0.3 is 10.1 Å². The molecule has 4 nitrogen and oxygen atoms in total. The quantitative estimate of drug-likeness (QED) is 0.612. The third kappa shape index (κ3) is 3.38. The van der Waals surface area contributed by atoms with E-state index in [1.807, 2.05) is 30.3 Å². The molecule has 0 aliphatic heterocycles. The van der Waals surface area contributed by atoms with Crippen LogP contribution in [0.4, 0.5) is 0 Å². The molecule has 1 aromatic carbocycles. The molecule has 1 unspecified atom stereocenters. The van der Waals surface area contributed by atoms with Gasteiger partial charge in [-0.25, -0.2) is 0 Å². The van der Waals surface area contributed by atoms with E-state index in [4.69, 9.17) is 0 Å². The highest BCUT2D eigenvalue weighted by Gasteiger charge is 2.21. The molecule has 0 aliphatic carbocycles. The number of amides is 1. The van der Waals surface area contributed by atoms with Crippen molar-refractivity contribution < 1.29 is 14.3 Å². The fraction of sp³-hybridized carbons (Fsp3) is 0.333. The van der Waals surface area contributed by atoms with Gasteiger partial charge in [0.15, 0.2) is 0 Å². The van der Waals surface area contributed by atoms with Crippen molar-refractivity contribution in [3.05, 3.63) is 35.9 Å². The Labute approximate surface area is 94.6 Å². The van der Waals surface area contributed by atoms with Gasteiger partial charge in [-0.2, -0.15) is 0 Å². The molecule has 1 amide bonds. The van der Waals surface area contributed by atoms with Crippen molar-refractivity contribution in [1.29, 1.82) is 0 Å². The summed E-state index contributed by atoms with van der Waals surface area (Å²) in [6, 6.07) is 9.50. The van der Waals surface area contributed by atoms with Crippen molar-refractivity contribution in [2.45, 2.75) is 13.5 Å². The molecule has 4 heteroatoms. The highest BCUT2D eigenvalue weighted by Crippen LogP contribution is 2.01. The van der Waals surface area contributed by atoms with Crippen LogP contribution in [0.3, 0.4) is 0 Å². The number of nitrogens with one attached hydrogen (secondary N) is 1. The topological polar surface area (TPSA) is 55.4 Å². The SMILES string of the molecule is COC(=O)C(C)C(=O)NCc1ccccc1. The maximum absolute atomic E-state index is 11.5. The summed E-state index contributed by atoms with van der Waals surface area (Å²) >= 11 is 0. The molecule has 1 aromatic rings. The van der Waals surface area contributed by atoms with Crippen LogP contribution in [0.1, 0.15) is 12.5 Å². The third-order valence-electron chi connectivity index (χ3n) is 2.26. The normalized spacial score (nSPS) is 11.6. The second-order valence-corrected chi connectivity index (χ2v) is 3.45. The lowest BCUT2D eigenvalue weighted by atomic mass is 10.1. The molecule has 0 saturated heterocycles. The van der Waals surface area contributed by atoms with E-state index >= 15 is 0 Å². The van der Waals surface area contributed by atoms with E-state index in [9.17, 15) is 9.59 Å². The Hall–Kier alpha value is -1.84. The molecule has 1 N–H and O–H groups in total. The monoisotopic (exact) mass is 221 g/mol. The summed E-state index contributed by atoms with van der Waals surface area (Å²) < 4.78 is 4.49. The number of rotatable bonds is 4. The number of ether oxygens (including phenoxy) is 1. The average Bonchev–Trinajstić information content (AvgIpc) is 2.35. The minimum absolute atomic E-state index is 0.323. The van der Waals surface area contributed by atoms with Gasteiger partial charge in [0, 0.05) is 6.54 Å². The molecular formula is C12H15NO3.